The van der Waals surface area contributed by atoms with E-state index in [9.17, 15) is 8.42 Å². The van der Waals surface area contributed by atoms with Gasteiger partial charge < -0.3 is 5.32 Å². The van der Waals surface area contributed by atoms with Crippen LogP contribution in [0.2, 0.25) is 0 Å². The molecule has 21 heavy (non-hydrogen) atoms. The molecule has 4 heteroatoms. The minimum atomic E-state index is -3.15. The van der Waals surface area contributed by atoms with Gasteiger partial charge in [-0.15, -0.1) is 0 Å². The summed E-state index contributed by atoms with van der Waals surface area (Å²) >= 11 is 0. The molecule has 0 radical (unpaired) electrons. The lowest BCUT2D eigenvalue weighted by molar-refractivity contribution is 0.494. The Morgan fingerprint density at radius 1 is 1.19 bits per heavy atom. The van der Waals surface area contributed by atoms with Crippen molar-refractivity contribution in [2.75, 3.05) is 12.3 Å². The van der Waals surface area contributed by atoms with Gasteiger partial charge in [0.2, 0.25) is 0 Å². The number of sulfone groups is 1. The fourth-order valence-corrected chi connectivity index (χ4v) is 4.12. The van der Waals surface area contributed by atoms with Crippen LogP contribution in [0.3, 0.4) is 0 Å². The van der Waals surface area contributed by atoms with Crippen LogP contribution in [0.1, 0.15) is 50.7 Å². The normalized spacial score (nSPS) is 13.3. The minimum Gasteiger partial charge on any atom is -0.314 e. The van der Waals surface area contributed by atoms with Crippen LogP contribution >= 0.6 is 0 Å². The first-order valence-corrected chi connectivity index (χ1v) is 9.55. The Kier molecular flexibility index (Phi) is 7.40. The van der Waals surface area contributed by atoms with Crippen molar-refractivity contribution in [3.05, 3.63) is 29.3 Å². The number of hydrogen-bond acceptors (Lipinski definition) is 3. The maximum Gasteiger partial charge on any atom is 0.178 e. The predicted octanol–water partition coefficient (Wildman–Crippen LogP) is 3.64. The van der Waals surface area contributed by atoms with E-state index >= 15 is 0 Å². The number of nitrogens with one attached hydrogen (secondary N) is 1. The number of unbranched alkanes of at least 4 members (excludes halogenated alkanes) is 1. The van der Waals surface area contributed by atoms with Crippen molar-refractivity contribution < 1.29 is 8.42 Å². The number of rotatable bonds is 9. The van der Waals surface area contributed by atoms with E-state index < -0.39 is 9.84 Å². The van der Waals surface area contributed by atoms with Gasteiger partial charge >= 0.3 is 0 Å². The molecule has 120 valence electrons. The fraction of sp³-hybridized carbons (Fsp3) is 0.647. The quantitative estimate of drug-likeness (QED) is 0.708. The van der Waals surface area contributed by atoms with Crippen molar-refractivity contribution in [1.82, 2.24) is 5.32 Å². The average Bonchev–Trinajstić information content (AvgIpc) is 2.44. The lowest BCUT2D eigenvalue weighted by Crippen LogP contribution is -2.26. The van der Waals surface area contributed by atoms with Crippen LogP contribution in [0.4, 0.5) is 0 Å². The zero-order chi connectivity index (χ0) is 15.9. The maximum atomic E-state index is 12.4. The highest BCUT2D eigenvalue weighted by Gasteiger charge is 2.16. The molecule has 0 heterocycles. The summed E-state index contributed by atoms with van der Waals surface area (Å²) in [7, 11) is -3.15. The molecule has 1 aromatic rings. The van der Waals surface area contributed by atoms with Gasteiger partial charge in [-0.2, -0.15) is 0 Å². The van der Waals surface area contributed by atoms with E-state index in [0.717, 1.165) is 43.4 Å². The van der Waals surface area contributed by atoms with E-state index in [1.807, 2.05) is 26.0 Å². The lowest BCUT2D eigenvalue weighted by atomic mass is 10.1. The zero-order valence-corrected chi connectivity index (χ0v) is 14.6. The van der Waals surface area contributed by atoms with Gasteiger partial charge in [0.05, 0.1) is 10.6 Å². The topological polar surface area (TPSA) is 46.2 Å². The summed E-state index contributed by atoms with van der Waals surface area (Å²) in [5, 5.41) is 3.43. The molecule has 1 atom stereocenters. The van der Waals surface area contributed by atoms with E-state index in [0.29, 0.717) is 10.9 Å². The van der Waals surface area contributed by atoms with Crippen LogP contribution in [0, 0.1) is 13.8 Å². The smallest absolute Gasteiger partial charge is 0.178 e. The highest BCUT2D eigenvalue weighted by atomic mass is 32.2. The van der Waals surface area contributed by atoms with Crippen LogP contribution in [0.25, 0.3) is 0 Å². The Morgan fingerprint density at radius 3 is 2.57 bits per heavy atom. The van der Waals surface area contributed by atoms with Crippen molar-refractivity contribution in [1.29, 1.82) is 0 Å². The summed E-state index contributed by atoms with van der Waals surface area (Å²) in [4.78, 5) is 0.500. The molecular weight excluding hydrogens is 282 g/mol. The highest BCUT2D eigenvalue weighted by Crippen LogP contribution is 2.19. The van der Waals surface area contributed by atoms with Crippen molar-refractivity contribution in [3.63, 3.8) is 0 Å². The van der Waals surface area contributed by atoms with Gasteiger partial charge in [0, 0.05) is 6.04 Å². The van der Waals surface area contributed by atoms with Crippen molar-refractivity contribution in [2.24, 2.45) is 0 Å². The van der Waals surface area contributed by atoms with E-state index in [-0.39, 0.29) is 5.75 Å². The Bertz CT molecular complexity index is 538. The van der Waals surface area contributed by atoms with Crippen molar-refractivity contribution >= 4 is 9.84 Å². The van der Waals surface area contributed by atoms with Gasteiger partial charge in [-0.25, -0.2) is 8.42 Å². The summed E-state index contributed by atoms with van der Waals surface area (Å²) in [5.41, 5.74) is 1.84. The highest BCUT2D eigenvalue weighted by molar-refractivity contribution is 7.91. The Balaban J connectivity index is 2.49. The Labute approximate surface area is 130 Å². The third-order valence-electron chi connectivity index (χ3n) is 3.72. The first kappa shape index (κ1) is 18.2. The number of aryl methyl sites for hydroxylation is 2. The lowest BCUT2D eigenvalue weighted by Gasteiger charge is -2.13. The molecule has 0 saturated heterocycles. The molecule has 0 amide bonds. The van der Waals surface area contributed by atoms with Crippen LogP contribution in [0.15, 0.2) is 23.1 Å². The second kappa shape index (κ2) is 8.54. The summed E-state index contributed by atoms with van der Waals surface area (Å²) < 4.78 is 24.8. The van der Waals surface area contributed by atoms with Crippen molar-refractivity contribution in [2.45, 2.75) is 64.3 Å². The van der Waals surface area contributed by atoms with Gasteiger partial charge in [-0.05, 0) is 63.8 Å². The summed E-state index contributed by atoms with van der Waals surface area (Å²) in [6.07, 6.45) is 3.84. The van der Waals surface area contributed by atoms with Gasteiger partial charge in [-0.3, -0.25) is 0 Å². The first-order chi connectivity index (χ1) is 9.86. The third-order valence-corrected chi connectivity index (χ3v) is 5.66. The molecule has 3 nitrogen and oxygen atoms in total. The molecule has 1 N–H and O–H groups in total. The van der Waals surface area contributed by atoms with E-state index in [2.05, 4.69) is 19.2 Å². The molecule has 0 aromatic heterocycles. The SMILES string of the molecule is CCCNC(C)CCCCS(=O)(=O)c1cc(C)ccc1C. The largest absolute Gasteiger partial charge is 0.314 e. The van der Waals surface area contributed by atoms with Crippen LogP contribution in [-0.2, 0) is 9.84 Å². The van der Waals surface area contributed by atoms with E-state index in [1.165, 1.54) is 0 Å². The predicted molar refractivity (Wildman–Crippen MR) is 89.6 cm³/mol. The van der Waals surface area contributed by atoms with E-state index in [4.69, 9.17) is 0 Å². The van der Waals surface area contributed by atoms with Gasteiger partial charge in [-0.1, -0.05) is 25.5 Å². The summed E-state index contributed by atoms with van der Waals surface area (Å²) in [5.74, 6) is 0.248. The first-order valence-electron chi connectivity index (χ1n) is 7.90. The summed E-state index contributed by atoms with van der Waals surface area (Å²) in [6.45, 7) is 9.13. The fourth-order valence-electron chi connectivity index (χ4n) is 2.39. The molecule has 1 aromatic carbocycles. The third kappa shape index (κ3) is 6.18. The second-order valence-electron chi connectivity index (χ2n) is 5.94. The molecule has 0 aliphatic carbocycles. The van der Waals surface area contributed by atoms with E-state index in [1.54, 1.807) is 6.07 Å². The Hall–Kier alpha value is -0.870. The van der Waals surface area contributed by atoms with Crippen LogP contribution < -0.4 is 5.32 Å². The molecule has 0 fully saturated rings. The van der Waals surface area contributed by atoms with Gasteiger partial charge in [0.1, 0.15) is 0 Å². The zero-order valence-electron chi connectivity index (χ0n) is 13.8. The van der Waals surface area contributed by atoms with Crippen LogP contribution in [-0.4, -0.2) is 26.8 Å². The molecule has 0 bridgehead atoms. The molecule has 1 rings (SSSR count). The second-order valence-corrected chi connectivity index (χ2v) is 8.02. The Morgan fingerprint density at radius 2 is 1.90 bits per heavy atom. The molecule has 0 saturated carbocycles. The molecule has 0 aliphatic rings. The number of hydrogen-bond donors (Lipinski definition) is 1. The molecule has 1 unspecified atom stereocenters. The monoisotopic (exact) mass is 311 g/mol. The molecule has 0 spiro atoms. The minimum absolute atomic E-state index is 0.248. The van der Waals surface area contributed by atoms with Crippen LogP contribution in [0.5, 0.6) is 0 Å². The molecular formula is C17H29NO2S. The standard InChI is InChI=1S/C17H29NO2S/c1-5-11-18-16(4)8-6-7-12-21(19,20)17-13-14(2)9-10-15(17)3/h9-10,13,16,18H,5-8,11-12H2,1-4H3. The van der Waals surface area contributed by atoms with Gasteiger partial charge in [0.15, 0.2) is 9.84 Å². The number of benzene rings is 1. The average molecular weight is 311 g/mol. The van der Waals surface area contributed by atoms with Crippen molar-refractivity contribution in [3.8, 4) is 0 Å². The maximum absolute atomic E-state index is 12.4. The summed E-state index contributed by atoms with van der Waals surface area (Å²) in [6, 6.07) is 6.10. The van der Waals surface area contributed by atoms with Gasteiger partial charge in [0.25, 0.3) is 0 Å². The molecule has 0 aliphatic heterocycles.